The highest BCUT2D eigenvalue weighted by molar-refractivity contribution is 5.76. The molecule has 2 heterocycles. The first-order chi connectivity index (χ1) is 11.6. The Hall–Kier alpha value is -2.57. The van der Waals surface area contributed by atoms with E-state index in [1.165, 1.54) is 0 Å². The summed E-state index contributed by atoms with van der Waals surface area (Å²) < 4.78 is 2.07. The Bertz CT molecular complexity index is 727. The molecule has 2 amide bonds. The molecule has 1 atom stereocenters. The minimum absolute atomic E-state index is 0.170. The molecule has 0 saturated carbocycles. The average molecular weight is 330 g/mol. The van der Waals surface area contributed by atoms with Crippen LogP contribution in [0.1, 0.15) is 19.3 Å². The number of carboxylic acids is 1. The monoisotopic (exact) mass is 330 g/mol. The maximum atomic E-state index is 12.1. The number of aromatic nitrogens is 2. The predicted molar refractivity (Wildman–Crippen MR) is 89.7 cm³/mol. The number of hydrogen-bond acceptors (Lipinski definition) is 3. The van der Waals surface area contributed by atoms with Crippen LogP contribution < -0.4 is 5.32 Å². The Balaban J connectivity index is 1.44. The molecule has 1 unspecified atom stereocenters. The van der Waals surface area contributed by atoms with Crippen molar-refractivity contribution in [2.75, 3.05) is 19.6 Å². The zero-order chi connectivity index (χ0) is 16.9. The van der Waals surface area contributed by atoms with Crippen LogP contribution in [0.5, 0.6) is 0 Å². The van der Waals surface area contributed by atoms with E-state index < -0.39 is 11.9 Å². The third kappa shape index (κ3) is 3.67. The smallest absolute Gasteiger partial charge is 0.317 e. The highest BCUT2D eigenvalue weighted by Crippen LogP contribution is 2.16. The summed E-state index contributed by atoms with van der Waals surface area (Å²) in [6.45, 7) is 2.26. The van der Waals surface area contributed by atoms with Gasteiger partial charge in [0.25, 0.3) is 0 Å². The number of nitrogens with zero attached hydrogens (tertiary/aromatic N) is 3. The molecular weight excluding hydrogens is 308 g/mol. The van der Waals surface area contributed by atoms with Gasteiger partial charge in [-0.05, 0) is 31.4 Å². The quantitative estimate of drug-likeness (QED) is 0.820. The summed E-state index contributed by atoms with van der Waals surface area (Å²) in [5.41, 5.74) is 2.05. The van der Waals surface area contributed by atoms with Crippen LogP contribution >= 0.6 is 0 Å². The molecule has 1 aromatic carbocycles. The molecule has 24 heavy (non-hydrogen) atoms. The lowest BCUT2D eigenvalue weighted by Gasteiger charge is -2.30. The van der Waals surface area contributed by atoms with Gasteiger partial charge in [-0.3, -0.25) is 4.79 Å². The molecule has 1 aromatic heterocycles. The van der Waals surface area contributed by atoms with Gasteiger partial charge in [0, 0.05) is 26.2 Å². The Kier molecular flexibility index (Phi) is 4.98. The number of benzene rings is 1. The molecule has 7 heteroatoms. The molecule has 0 spiro atoms. The molecule has 128 valence electrons. The van der Waals surface area contributed by atoms with Crippen LogP contribution in [0, 0.1) is 5.92 Å². The zero-order valence-electron chi connectivity index (χ0n) is 13.5. The topological polar surface area (TPSA) is 87.5 Å². The maximum absolute atomic E-state index is 12.1. The van der Waals surface area contributed by atoms with Crippen molar-refractivity contribution in [2.45, 2.75) is 25.8 Å². The Morgan fingerprint density at radius 2 is 2.17 bits per heavy atom. The lowest BCUT2D eigenvalue weighted by atomic mass is 9.99. The fourth-order valence-electron chi connectivity index (χ4n) is 3.11. The first-order valence-electron chi connectivity index (χ1n) is 8.30. The zero-order valence-corrected chi connectivity index (χ0v) is 13.5. The number of hydrogen-bond donors (Lipinski definition) is 2. The maximum Gasteiger partial charge on any atom is 0.317 e. The van der Waals surface area contributed by atoms with Crippen molar-refractivity contribution in [1.29, 1.82) is 0 Å². The van der Waals surface area contributed by atoms with Crippen LogP contribution in [0.4, 0.5) is 4.79 Å². The third-order valence-corrected chi connectivity index (χ3v) is 4.44. The number of aliphatic carboxylic acids is 1. The van der Waals surface area contributed by atoms with Crippen molar-refractivity contribution in [3.8, 4) is 0 Å². The van der Waals surface area contributed by atoms with Gasteiger partial charge in [-0.25, -0.2) is 9.78 Å². The summed E-state index contributed by atoms with van der Waals surface area (Å²) in [4.78, 5) is 29.1. The largest absolute Gasteiger partial charge is 0.481 e. The summed E-state index contributed by atoms with van der Waals surface area (Å²) in [6, 6.07) is 7.78. The van der Waals surface area contributed by atoms with E-state index in [2.05, 4.69) is 14.9 Å². The molecule has 0 radical (unpaired) electrons. The van der Waals surface area contributed by atoms with Gasteiger partial charge in [0.05, 0.1) is 23.3 Å². The van der Waals surface area contributed by atoms with Gasteiger partial charge >= 0.3 is 12.0 Å². The lowest BCUT2D eigenvalue weighted by Crippen LogP contribution is -2.47. The van der Waals surface area contributed by atoms with Gasteiger partial charge < -0.3 is 19.9 Å². The number of rotatable bonds is 5. The molecule has 3 rings (SSSR count). The van der Waals surface area contributed by atoms with Gasteiger partial charge in [0.2, 0.25) is 0 Å². The normalized spacial score (nSPS) is 17.8. The first kappa shape index (κ1) is 16.3. The average Bonchev–Trinajstić information content (AvgIpc) is 3.02. The Labute approximate surface area is 140 Å². The molecule has 2 N–H and O–H groups in total. The van der Waals surface area contributed by atoms with E-state index in [-0.39, 0.29) is 6.03 Å². The van der Waals surface area contributed by atoms with Gasteiger partial charge in [0.1, 0.15) is 0 Å². The number of piperidine rings is 1. The van der Waals surface area contributed by atoms with Crippen LogP contribution in [0.25, 0.3) is 11.0 Å². The number of fused-ring (bicyclic) bond motifs is 1. The second kappa shape index (κ2) is 7.33. The molecule has 1 saturated heterocycles. The van der Waals surface area contributed by atoms with Gasteiger partial charge in [-0.1, -0.05) is 12.1 Å². The summed E-state index contributed by atoms with van der Waals surface area (Å²) >= 11 is 0. The molecule has 7 nitrogen and oxygen atoms in total. The molecule has 0 bridgehead atoms. The van der Waals surface area contributed by atoms with E-state index in [1.807, 2.05) is 30.6 Å². The number of carbonyl (C=O) groups is 2. The van der Waals surface area contributed by atoms with Crippen LogP contribution in [0.15, 0.2) is 30.6 Å². The number of imidazole rings is 1. The highest BCUT2D eigenvalue weighted by atomic mass is 16.4. The number of para-hydroxylation sites is 2. The molecule has 2 aromatic rings. The van der Waals surface area contributed by atoms with Crippen molar-refractivity contribution in [3.05, 3.63) is 30.6 Å². The fraction of sp³-hybridized carbons (Fsp3) is 0.471. The summed E-state index contributed by atoms with van der Waals surface area (Å²) in [7, 11) is 0. The number of nitrogens with one attached hydrogen (secondary N) is 1. The van der Waals surface area contributed by atoms with Crippen molar-refractivity contribution in [3.63, 3.8) is 0 Å². The number of carbonyl (C=O) groups excluding carboxylic acids is 1. The summed E-state index contributed by atoms with van der Waals surface area (Å²) in [5, 5.41) is 12.0. The highest BCUT2D eigenvalue weighted by Gasteiger charge is 2.27. The number of urea groups is 1. The molecule has 1 aliphatic heterocycles. The summed E-state index contributed by atoms with van der Waals surface area (Å²) in [6.07, 6.45) is 4.00. The SMILES string of the molecule is O=C(O)C1CCCN(C(=O)NCCCn2cnc3ccccc32)C1. The molecule has 0 aliphatic carbocycles. The standard InChI is InChI=1S/C17H22N4O3/c22-16(23)13-5-3-9-20(11-13)17(24)18-8-4-10-21-12-19-14-6-1-2-7-15(14)21/h1-2,6-7,12-13H,3-5,8-11H2,(H,18,24)(H,22,23). The Morgan fingerprint density at radius 3 is 3.00 bits per heavy atom. The van der Waals surface area contributed by atoms with Gasteiger partial charge in [0.15, 0.2) is 0 Å². The van der Waals surface area contributed by atoms with Gasteiger partial charge in [-0.15, -0.1) is 0 Å². The second-order valence-electron chi connectivity index (χ2n) is 6.14. The van der Waals surface area contributed by atoms with Crippen molar-refractivity contribution in [2.24, 2.45) is 5.92 Å². The van der Waals surface area contributed by atoms with Crippen LogP contribution in [0.3, 0.4) is 0 Å². The van der Waals surface area contributed by atoms with E-state index in [0.717, 1.165) is 30.4 Å². The van der Waals surface area contributed by atoms with Crippen molar-refractivity contribution >= 4 is 23.0 Å². The molecular formula is C17H22N4O3. The minimum Gasteiger partial charge on any atom is -0.481 e. The summed E-state index contributed by atoms with van der Waals surface area (Å²) in [5.74, 6) is -1.26. The number of carboxylic acid groups (broad SMARTS) is 1. The number of likely N-dealkylation sites (tertiary alicyclic amines) is 1. The number of amides is 2. The Morgan fingerprint density at radius 1 is 1.33 bits per heavy atom. The predicted octanol–water partition coefficient (Wildman–Crippen LogP) is 1.93. The van der Waals surface area contributed by atoms with Crippen molar-refractivity contribution in [1.82, 2.24) is 19.8 Å². The first-order valence-corrected chi connectivity index (χ1v) is 8.30. The van der Waals surface area contributed by atoms with E-state index in [4.69, 9.17) is 5.11 Å². The van der Waals surface area contributed by atoms with Crippen LogP contribution in [-0.4, -0.2) is 51.2 Å². The van der Waals surface area contributed by atoms with Crippen LogP contribution in [-0.2, 0) is 11.3 Å². The van der Waals surface area contributed by atoms with Gasteiger partial charge in [-0.2, -0.15) is 0 Å². The van der Waals surface area contributed by atoms with E-state index in [0.29, 0.717) is 26.1 Å². The molecule has 1 aliphatic rings. The van der Waals surface area contributed by atoms with Crippen LogP contribution in [0.2, 0.25) is 0 Å². The lowest BCUT2D eigenvalue weighted by molar-refractivity contribution is -0.143. The second-order valence-corrected chi connectivity index (χ2v) is 6.14. The van der Waals surface area contributed by atoms with E-state index in [9.17, 15) is 9.59 Å². The van der Waals surface area contributed by atoms with Crippen molar-refractivity contribution < 1.29 is 14.7 Å². The minimum atomic E-state index is -0.820. The number of aryl methyl sites for hydroxylation is 1. The third-order valence-electron chi connectivity index (χ3n) is 4.44. The fourth-order valence-corrected chi connectivity index (χ4v) is 3.11. The van der Waals surface area contributed by atoms with E-state index >= 15 is 0 Å². The van der Waals surface area contributed by atoms with E-state index in [1.54, 1.807) is 4.90 Å². The molecule has 1 fully saturated rings.